The number of ether oxygens (including phenoxy) is 1. The summed E-state index contributed by atoms with van der Waals surface area (Å²) in [7, 11) is 0. The van der Waals surface area contributed by atoms with Crippen LogP contribution in [0.2, 0.25) is 0 Å². The number of nitro groups is 1. The predicted molar refractivity (Wildman–Crippen MR) is 51.7 cm³/mol. The summed E-state index contributed by atoms with van der Waals surface area (Å²) in [6.45, 7) is 0.357. The maximum atomic E-state index is 10.5. The zero-order chi connectivity index (χ0) is 10.4. The highest BCUT2D eigenvalue weighted by atomic mass is 35.5. The normalized spacial score (nSPS) is 9.79. The Balaban J connectivity index is 2.69. The molecule has 0 fully saturated rings. The van der Waals surface area contributed by atoms with Gasteiger partial charge in [-0.25, -0.2) is 0 Å². The molecular formula is C8H9ClN2O3. The van der Waals surface area contributed by atoms with E-state index in [0.29, 0.717) is 18.9 Å². The van der Waals surface area contributed by atoms with Gasteiger partial charge in [0.2, 0.25) is 5.75 Å². The molecule has 0 saturated heterocycles. The van der Waals surface area contributed by atoms with Crippen molar-refractivity contribution in [3.8, 4) is 5.75 Å². The van der Waals surface area contributed by atoms with Crippen LogP contribution in [0, 0.1) is 10.1 Å². The summed E-state index contributed by atoms with van der Waals surface area (Å²) in [5.41, 5.74) is 0. The van der Waals surface area contributed by atoms with Crippen LogP contribution in [0.3, 0.4) is 0 Å². The van der Waals surface area contributed by atoms with Crippen LogP contribution in [0.1, 0.15) is 6.42 Å². The summed E-state index contributed by atoms with van der Waals surface area (Å²) in [4.78, 5) is 13.5. The van der Waals surface area contributed by atoms with E-state index in [0.717, 1.165) is 0 Å². The largest absolute Gasteiger partial charge is 0.486 e. The van der Waals surface area contributed by atoms with Gasteiger partial charge in [-0.2, -0.15) is 0 Å². The van der Waals surface area contributed by atoms with E-state index in [4.69, 9.17) is 16.3 Å². The minimum Gasteiger partial charge on any atom is -0.486 e. The van der Waals surface area contributed by atoms with E-state index in [1.165, 1.54) is 12.3 Å². The third kappa shape index (κ3) is 2.85. The van der Waals surface area contributed by atoms with E-state index in [9.17, 15) is 10.1 Å². The lowest BCUT2D eigenvalue weighted by molar-refractivity contribution is -0.390. The highest BCUT2D eigenvalue weighted by molar-refractivity contribution is 6.17. The Labute approximate surface area is 85.8 Å². The number of rotatable bonds is 5. The molecule has 0 aromatic carbocycles. The monoisotopic (exact) mass is 216 g/mol. The van der Waals surface area contributed by atoms with Crippen LogP contribution >= 0.6 is 11.6 Å². The molecule has 1 rings (SSSR count). The van der Waals surface area contributed by atoms with E-state index < -0.39 is 4.92 Å². The molecule has 0 atom stereocenters. The summed E-state index contributed by atoms with van der Waals surface area (Å²) in [5, 5.41) is 10.5. The maximum absolute atomic E-state index is 10.5. The Morgan fingerprint density at radius 3 is 3.07 bits per heavy atom. The minimum atomic E-state index is -0.573. The van der Waals surface area contributed by atoms with Gasteiger partial charge in [0.05, 0.1) is 6.61 Å². The summed E-state index contributed by atoms with van der Waals surface area (Å²) in [6.07, 6.45) is 2.00. The summed E-state index contributed by atoms with van der Waals surface area (Å²) >= 11 is 5.44. The van der Waals surface area contributed by atoms with Crippen LogP contribution in [-0.4, -0.2) is 22.4 Å². The fourth-order valence-electron chi connectivity index (χ4n) is 0.869. The molecule has 0 unspecified atom stereocenters. The topological polar surface area (TPSA) is 65.3 Å². The van der Waals surface area contributed by atoms with Crippen molar-refractivity contribution in [3.05, 3.63) is 28.4 Å². The summed E-state index contributed by atoms with van der Waals surface area (Å²) < 4.78 is 5.15. The van der Waals surface area contributed by atoms with Gasteiger partial charge in [0, 0.05) is 5.88 Å². The first kappa shape index (κ1) is 10.7. The average Bonchev–Trinajstić information content (AvgIpc) is 2.19. The standard InChI is InChI=1S/C8H9ClN2O3/c9-4-2-6-14-7-3-1-5-10-8(7)11(12)13/h1,3,5H,2,4,6H2. The molecule has 0 aliphatic carbocycles. The first-order valence-corrected chi connectivity index (χ1v) is 4.57. The van der Waals surface area contributed by atoms with Crippen molar-refractivity contribution in [2.45, 2.75) is 6.42 Å². The lowest BCUT2D eigenvalue weighted by atomic mass is 10.4. The molecule has 1 aromatic rings. The maximum Gasteiger partial charge on any atom is 0.406 e. The van der Waals surface area contributed by atoms with Gasteiger partial charge in [0.25, 0.3) is 0 Å². The van der Waals surface area contributed by atoms with E-state index in [2.05, 4.69) is 4.98 Å². The Morgan fingerprint density at radius 2 is 2.43 bits per heavy atom. The van der Waals surface area contributed by atoms with Gasteiger partial charge in [0.1, 0.15) is 6.20 Å². The molecule has 0 aliphatic rings. The number of hydrogen-bond acceptors (Lipinski definition) is 4. The number of halogens is 1. The number of aromatic nitrogens is 1. The van der Waals surface area contributed by atoms with Crippen molar-refractivity contribution >= 4 is 17.4 Å². The van der Waals surface area contributed by atoms with Crippen LogP contribution in [0.4, 0.5) is 5.82 Å². The molecular weight excluding hydrogens is 208 g/mol. The van der Waals surface area contributed by atoms with E-state index in [-0.39, 0.29) is 11.6 Å². The van der Waals surface area contributed by atoms with Gasteiger partial charge in [-0.05, 0) is 28.5 Å². The second-order valence-electron chi connectivity index (χ2n) is 2.47. The van der Waals surface area contributed by atoms with Crippen LogP contribution in [0.25, 0.3) is 0 Å². The zero-order valence-electron chi connectivity index (χ0n) is 7.35. The molecule has 0 amide bonds. The Morgan fingerprint density at radius 1 is 1.64 bits per heavy atom. The van der Waals surface area contributed by atoms with Crippen LogP contribution in [0.5, 0.6) is 5.75 Å². The van der Waals surface area contributed by atoms with Crippen molar-refractivity contribution in [1.82, 2.24) is 4.98 Å². The highest BCUT2D eigenvalue weighted by Crippen LogP contribution is 2.22. The Bertz CT molecular complexity index is 319. The third-order valence-electron chi connectivity index (χ3n) is 1.46. The molecule has 1 aromatic heterocycles. The molecule has 14 heavy (non-hydrogen) atoms. The average molecular weight is 217 g/mol. The number of hydrogen-bond donors (Lipinski definition) is 0. The van der Waals surface area contributed by atoms with E-state index >= 15 is 0 Å². The van der Waals surface area contributed by atoms with Crippen LogP contribution in [-0.2, 0) is 0 Å². The molecule has 0 N–H and O–H groups in total. The minimum absolute atomic E-state index is 0.183. The molecule has 6 heteroatoms. The molecule has 0 saturated carbocycles. The van der Waals surface area contributed by atoms with Crippen molar-refractivity contribution < 1.29 is 9.66 Å². The quantitative estimate of drug-likeness (QED) is 0.327. The smallest absolute Gasteiger partial charge is 0.406 e. The molecule has 1 heterocycles. The van der Waals surface area contributed by atoms with Crippen molar-refractivity contribution in [2.75, 3.05) is 12.5 Å². The molecule has 5 nitrogen and oxygen atoms in total. The second-order valence-corrected chi connectivity index (χ2v) is 2.85. The van der Waals surface area contributed by atoms with E-state index in [1.807, 2.05) is 0 Å². The van der Waals surface area contributed by atoms with Crippen molar-refractivity contribution in [3.63, 3.8) is 0 Å². The predicted octanol–water partition coefficient (Wildman–Crippen LogP) is 2.00. The van der Waals surface area contributed by atoms with Crippen LogP contribution < -0.4 is 4.74 Å². The fourth-order valence-corrected chi connectivity index (χ4v) is 0.978. The number of pyridine rings is 1. The van der Waals surface area contributed by atoms with Crippen LogP contribution in [0.15, 0.2) is 18.3 Å². The molecule has 0 radical (unpaired) electrons. The van der Waals surface area contributed by atoms with E-state index in [1.54, 1.807) is 6.07 Å². The fraction of sp³-hybridized carbons (Fsp3) is 0.375. The van der Waals surface area contributed by atoms with Gasteiger partial charge in [-0.1, -0.05) is 0 Å². The van der Waals surface area contributed by atoms with Gasteiger partial charge in [-0.3, -0.25) is 0 Å². The first-order chi connectivity index (χ1) is 6.75. The Kier molecular flexibility index (Phi) is 4.12. The summed E-state index contributed by atoms with van der Waals surface area (Å²) in [6, 6.07) is 3.10. The lowest BCUT2D eigenvalue weighted by Crippen LogP contribution is -2.02. The first-order valence-electron chi connectivity index (χ1n) is 4.04. The zero-order valence-corrected chi connectivity index (χ0v) is 8.11. The second kappa shape index (κ2) is 5.39. The molecule has 76 valence electrons. The molecule has 0 spiro atoms. The van der Waals surface area contributed by atoms with Crippen molar-refractivity contribution in [2.24, 2.45) is 0 Å². The SMILES string of the molecule is O=[N+]([O-])c1ncccc1OCCCCl. The summed E-state index contributed by atoms with van der Waals surface area (Å²) in [5.74, 6) is 0.387. The number of nitrogens with zero attached hydrogens (tertiary/aromatic N) is 2. The van der Waals surface area contributed by atoms with Crippen molar-refractivity contribution in [1.29, 1.82) is 0 Å². The molecule has 0 aliphatic heterocycles. The van der Waals surface area contributed by atoms with Gasteiger partial charge in [0.15, 0.2) is 0 Å². The molecule has 0 bridgehead atoms. The number of alkyl halides is 1. The lowest BCUT2D eigenvalue weighted by Gasteiger charge is -2.03. The van der Waals surface area contributed by atoms with Gasteiger partial charge in [-0.15, -0.1) is 11.6 Å². The Hall–Kier alpha value is -1.36. The van der Waals surface area contributed by atoms with Gasteiger partial charge < -0.3 is 14.9 Å². The third-order valence-corrected chi connectivity index (χ3v) is 1.73. The van der Waals surface area contributed by atoms with Gasteiger partial charge >= 0.3 is 5.82 Å². The highest BCUT2D eigenvalue weighted by Gasteiger charge is 2.14.